The Morgan fingerprint density at radius 2 is 1.62 bits per heavy atom. The van der Waals surface area contributed by atoms with E-state index >= 15 is 0 Å². The molecule has 1 aromatic rings. The van der Waals surface area contributed by atoms with Gasteiger partial charge in [-0.15, -0.1) is 0 Å². The Labute approximate surface area is 249 Å². The Kier molecular flexibility index (Phi) is 8.53. The smallest absolute Gasteiger partial charge is 0.321 e. The predicted octanol–water partition coefficient (Wildman–Crippen LogP) is 5.75. The minimum atomic E-state index is -2.64. The molecule has 4 aliphatic heterocycles. The van der Waals surface area contributed by atoms with E-state index in [2.05, 4.69) is 46.0 Å². The van der Waals surface area contributed by atoms with Gasteiger partial charge >= 0.3 is 6.03 Å². The zero-order chi connectivity index (χ0) is 29.5. The molecule has 2 unspecified atom stereocenters. The molecule has 0 radical (unpaired) electrons. The van der Waals surface area contributed by atoms with Crippen LogP contribution < -0.4 is 5.32 Å². The van der Waals surface area contributed by atoms with Crippen LogP contribution in [0.15, 0.2) is 30.3 Å². The molecule has 1 spiro atoms. The molecule has 5 aliphatic rings. The van der Waals surface area contributed by atoms with Crippen LogP contribution in [-0.2, 0) is 9.53 Å². The van der Waals surface area contributed by atoms with Gasteiger partial charge in [-0.3, -0.25) is 9.69 Å². The minimum absolute atomic E-state index is 0.0924. The van der Waals surface area contributed by atoms with Crippen molar-refractivity contribution in [2.75, 3.05) is 26.3 Å². The first-order chi connectivity index (χ1) is 20.2. The van der Waals surface area contributed by atoms with Gasteiger partial charge in [-0.05, 0) is 77.2 Å². The zero-order valence-electron chi connectivity index (χ0n) is 25.3. The first kappa shape index (κ1) is 29.8. The number of amides is 3. The normalized spacial score (nSPS) is 31.3. The summed E-state index contributed by atoms with van der Waals surface area (Å²) in [6, 6.07) is 11.4. The van der Waals surface area contributed by atoms with E-state index in [1.807, 2.05) is 18.2 Å². The number of fused-ring (bicyclic) bond motifs is 2. The van der Waals surface area contributed by atoms with E-state index in [-0.39, 0.29) is 67.2 Å². The summed E-state index contributed by atoms with van der Waals surface area (Å²) in [4.78, 5) is 34.0. The Morgan fingerprint density at radius 1 is 0.976 bits per heavy atom. The number of ether oxygens (including phenoxy) is 1. The highest BCUT2D eigenvalue weighted by Gasteiger charge is 2.58. The molecular formula is C33H48F2N4O3. The first-order valence-corrected chi connectivity index (χ1v) is 16.3. The van der Waals surface area contributed by atoms with Crippen LogP contribution >= 0.6 is 0 Å². The molecule has 232 valence electrons. The topological polar surface area (TPSA) is 65.1 Å². The minimum Gasteiger partial charge on any atom is -0.381 e. The third-order valence-corrected chi connectivity index (χ3v) is 10.9. The summed E-state index contributed by atoms with van der Waals surface area (Å²) in [6.45, 7) is 7.46. The highest BCUT2D eigenvalue weighted by molar-refractivity contribution is 5.79. The molecule has 42 heavy (non-hydrogen) atoms. The summed E-state index contributed by atoms with van der Waals surface area (Å²) in [5.74, 6) is -3.08. The van der Waals surface area contributed by atoms with Gasteiger partial charge in [-0.1, -0.05) is 30.3 Å². The van der Waals surface area contributed by atoms with Gasteiger partial charge < -0.3 is 19.9 Å². The number of alkyl halides is 2. The van der Waals surface area contributed by atoms with Crippen molar-refractivity contribution in [3.05, 3.63) is 35.9 Å². The van der Waals surface area contributed by atoms with Crippen molar-refractivity contribution >= 4 is 11.9 Å². The van der Waals surface area contributed by atoms with Crippen molar-refractivity contribution in [2.45, 2.75) is 126 Å². The summed E-state index contributed by atoms with van der Waals surface area (Å²) in [7, 11) is 0. The van der Waals surface area contributed by atoms with Gasteiger partial charge in [0, 0.05) is 69.2 Å². The molecule has 9 heteroatoms. The SMILES string of the molecule is CC(C)N1C(=O)N(C2CCOCC2)CC12CC1CCC(C2)N1CC[C@H](NC(=O)C1CCC(F)(F)CC1)c1ccccc1. The predicted molar refractivity (Wildman–Crippen MR) is 157 cm³/mol. The highest BCUT2D eigenvalue weighted by atomic mass is 19.3. The van der Waals surface area contributed by atoms with E-state index in [1.54, 1.807) is 0 Å². The van der Waals surface area contributed by atoms with Gasteiger partial charge in [0.2, 0.25) is 11.8 Å². The number of benzene rings is 1. The third-order valence-electron chi connectivity index (χ3n) is 10.9. The lowest BCUT2D eigenvalue weighted by atomic mass is 9.81. The number of piperidine rings is 1. The van der Waals surface area contributed by atoms with E-state index < -0.39 is 5.92 Å². The van der Waals surface area contributed by atoms with Gasteiger partial charge in [0.1, 0.15) is 0 Å². The maximum Gasteiger partial charge on any atom is 0.321 e. The average molecular weight is 587 g/mol. The molecule has 3 amide bonds. The maximum absolute atomic E-state index is 13.8. The fourth-order valence-electron chi connectivity index (χ4n) is 8.84. The second-order valence-corrected chi connectivity index (χ2v) is 13.9. The Balaban J connectivity index is 1.13. The third kappa shape index (κ3) is 5.92. The lowest BCUT2D eigenvalue weighted by molar-refractivity contribution is -0.130. The fourth-order valence-corrected chi connectivity index (χ4v) is 8.84. The van der Waals surface area contributed by atoms with Crippen LogP contribution in [0.2, 0.25) is 0 Å². The lowest BCUT2D eigenvalue weighted by Gasteiger charge is -2.49. The van der Waals surface area contributed by atoms with E-state index in [0.29, 0.717) is 12.1 Å². The van der Waals surface area contributed by atoms with Crippen LogP contribution in [0.3, 0.4) is 0 Å². The number of rotatable bonds is 8. The molecule has 1 aromatic carbocycles. The van der Waals surface area contributed by atoms with Crippen LogP contribution in [0, 0.1) is 5.92 Å². The molecule has 7 nitrogen and oxygen atoms in total. The number of nitrogens with one attached hydrogen (secondary N) is 1. The molecule has 1 aliphatic carbocycles. The van der Waals surface area contributed by atoms with E-state index in [1.165, 1.54) is 0 Å². The standard InChI is InChI=1S/C33H48F2N4O3/c1-23(2)39-31(41)38(26-13-18-42-19-14-26)22-32(39)20-27-8-9-28(21-32)37(27)17-12-29(24-6-4-3-5-7-24)36-30(40)25-10-15-33(34,35)16-11-25/h3-7,23,25-29H,8-22H2,1-2H3,(H,36,40)/t27?,28?,29-,32?/m0/s1. The number of carbonyl (C=O) groups excluding carboxylic acids is 2. The molecule has 6 rings (SSSR count). The quantitative estimate of drug-likeness (QED) is 0.421. The Morgan fingerprint density at radius 3 is 2.24 bits per heavy atom. The van der Waals surface area contributed by atoms with Crippen molar-refractivity contribution in [3.8, 4) is 0 Å². The summed E-state index contributed by atoms with van der Waals surface area (Å²) >= 11 is 0. The van der Waals surface area contributed by atoms with Gasteiger partial charge in [-0.2, -0.15) is 0 Å². The van der Waals surface area contributed by atoms with Crippen molar-refractivity contribution in [3.63, 3.8) is 0 Å². The van der Waals surface area contributed by atoms with Crippen molar-refractivity contribution in [1.82, 2.24) is 20.0 Å². The van der Waals surface area contributed by atoms with E-state index in [9.17, 15) is 18.4 Å². The molecule has 1 saturated carbocycles. The molecule has 4 saturated heterocycles. The number of urea groups is 1. The van der Waals surface area contributed by atoms with Crippen molar-refractivity contribution in [2.24, 2.45) is 5.92 Å². The van der Waals surface area contributed by atoms with Crippen molar-refractivity contribution < 1.29 is 23.1 Å². The summed E-state index contributed by atoms with van der Waals surface area (Å²) in [6.07, 6.45) is 6.96. The fraction of sp³-hybridized carbons (Fsp3) is 0.758. The summed E-state index contributed by atoms with van der Waals surface area (Å²) in [5, 5.41) is 3.26. The van der Waals surface area contributed by atoms with E-state index in [0.717, 1.165) is 76.8 Å². The van der Waals surface area contributed by atoms with Crippen molar-refractivity contribution in [1.29, 1.82) is 0 Å². The molecular weight excluding hydrogens is 538 g/mol. The number of hydrogen-bond donors (Lipinski definition) is 1. The molecule has 5 fully saturated rings. The van der Waals surface area contributed by atoms with Gasteiger partial charge in [0.05, 0.1) is 11.6 Å². The lowest BCUT2D eigenvalue weighted by Crippen LogP contribution is -2.60. The average Bonchev–Trinajstić information content (AvgIpc) is 3.40. The second-order valence-electron chi connectivity index (χ2n) is 13.9. The number of hydrogen-bond acceptors (Lipinski definition) is 4. The molecule has 1 N–H and O–H groups in total. The van der Waals surface area contributed by atoms with Crippen LogP contribution in [0.4, 0.5) is 13.6 Å². The number of nitrogens with zero attached hydrogens (tertiary/aromatic N) is 3. The van der Waals surface area contributed by atoms with Crippen LogP contribution in [0.5, 0.6) is 0 Å². The Bertz CT molecular complexity index is 1090. The highest BCUT2D eigenvalue weighted by Crippen LogP contribution is 2.48. The molecule has 3 atom stereocenters. The summed E-state index contributed by atoms with van der Waals surface area (Å²) in [5.41, 5.74) is 0.939. The molecule has 4 heterocycles. The van der Waals surface area contributed by atoms with Crippen LogP contribution in [-0.4, -0.2) is 88.6 Å². The molecule has 0 aromatic heterocycles. The molecule has 2 bridgehead atoms. The van der Waals surface area contributed by atoms with Crippen LogP contribution in [0.1, 0.15) is 96.1 Å². The number of carbonyl (C=O) groups is 2. The Hall–Kier alpha value is -2.26. The maximum atomic E-state index is 13.8. The largest absolute Gasteiger partial charge is 0.381 e. The second kappa shape index (κ2) is 12.0. The summed E-state index contributed by atoms with van der Waals surface area (Å²) < 4.78 is 33.0. The zero-order valence-corrected chi connectivity index (χ0v) is 25.3. The van der Waals surface area contributed by atoms with Gasteiger partial charge in [-0.25, -0.2) is 13.6 Å². The first-order valence-electron chi connectivity index (χ1n) is 16.3. The van der Waals surface area contributed by atoms with Gasteiger partial charge in [0.15, 0.2) is 0 Å². The monoisotopic (exact) mass is 586 g/mol. The number of halogens is 2. The van der Waals surface area contributed by atoms with Gasteiger partial charge in [0.25, 0.3) is 0 Å². The van der Waals surface area contributed by atoms with E-state index in [4.69, 9.17) is 4.74 Å². The van der Waals surface area contributed by atoms with Crippen LogP contribution in [0.25, 0.3) is 0 Å².